The fourth-order valence-electron chi connectivity index (χ4n) is 1.92. The summed E-state index contributed by atoms with van der Waals surface area (Å²) in [6.45, 7) is 2.88. The molecule has 106 valence electrons. The van der Waals surface area contributed by atoms with Crippen molar-refractivity contribution in [3.63, 3.8) is 0 Å². The molecular weight excluding hydrogens is 240 g/mol. The lowest BCUT2D eigenvalue weighted by Gasteiger charge is -2.10. The van der Waals surface area contributed by atoms with Gasteiger partial charge in [-0.25, -0.2) is 0 Å². The van der Waals surface area contributed by atoms with E-state index in [2.05, 4.69) is 12.1 Å². The van der Waals surface area contributed by atoms with Crippen LogP contribution in [-0.2, 0) is 0 Å². The Bertz CT molecular complexity index is 391. The predicted octanol–water partition coefficient (Wildman–Crippen LogP) is 3.52. The van der Waals surface area contributed by atoms with Gasteiger partial charge in [0.15, 0.2) is 5.84 Å². The number of rotatable bonds is 9. The third kappa shape index (κ3) is 5.64. The zero-order valence-electron chi connectivity index (χ0n) is 11.6. The minimum Gasteiger partial charge on any atom is -0.493 e. The molecule has 3 N–H and O–H groups in total. The molecule has 0 aliphatic carbocycles. The monoisotopic (exact) mass is 264 g/mol. The highest BCUT2D eigenvalue weighted by Gasteiger charge is 2.06. The Hall–Kier alpha value is -1.71. The van der Waals surface area contributed by atoms with Gasteiger partial charge in [-0.1, -0.05) is 56.3 Å². The molecule has 19 heavy (non-hydrogen) atoms. The van der Waals surface area contributed by atoms with E-state index in [4.69, 9.17) is 15.7 Å². The van der Waals surface area contributed by atoms with Crippen LogP contribution >= 0.6 is 0 Å². The summed E-state index contributed by atoms with van der Waals surface area (Å²) in [4.78, 5) is 0. The molecule has 1 rings (SSSR count). The summed E-state index contributed by atoms with van der Waals surface area (Å²) in [5, 5.41) is 11.7. The highest BCUT2D eigenvalue weighted by atomic mass is 16.5. The van der Waals surface area contributed by atoms with E-state index < -0.39 is 0 Å². The molecule has 0 heterocycles. The first-order valence-corrected chi connectivity index (χ1v) is 6.99. The van der Waals surface area contributed by atoms with Crippen molar-refractivity contribution in [3.8, 4) is 5.75 Å². The van der Waals surface area contributed by atoms with Crippen LogP contribution in [-0.4, -0.2) is 17.6 Å². The average Bonchev–Trinajstić information content (AvgIpc) is 2.46. The standard InChI is InChI=1S/C15H24N2O2/c1-2-3-4-5-6-9-12-19-14-11-8-7-10-13(14)15(16)17-18/h7-8,10-11,18H,2-6,9,12H2,1H3,(H2,16,17). The summed E-state index contributed by atoms with van der Waals surface area (Å²) in [7, 11) is 0. The van der Waals surface area contributed by atoms with Crippen molar-refractivity contribution in [2.75, 3.05) is 6.61 Å². The van der Waals surface area contributed by atoms with E-state index in [1.807, 2.05) is 18.2 Å². The first-order chi connectivity index (χ1) is 9.29. The largest absolute Gasteiger partial charge is 0.493 e. The SMILES string of the molecule is CCCCCCCCOc1ccccc1/C(N)=N/O. The molecule has 0 aliphatic rings. The van der Waals surface area contributed by atoms with Crippen LogP contribution in [0.1, 0.15) is 51.0 Å². The number of hydrogen-bond acceptors (Lipinski definition) is 3. The highest BCUT2D eigenvalue weighted by molar-refractivity contribution is 5.99. The Labute approximate surface area is 115 Å². The van der Waals surface area contributed by atoms with Crippen molar-refractivity contribution in [1.82, 2.24) is 0 Å². The second-order valence-electron chi connectivity index (χ2n) is 4.60. The summed E-state index contributed by atoms with van der Waals surface area (Å²) >= 11 is 0. The quantitative estimate of drug-likeness (QED) is 0.236. The van der Waals surface area contributed by atoms with Gasteiger partial charge in [0.25, 0.3) is 0 Å². The Kier molecular flexibility index (Phi) is 7.47. The molecule has 0 aromatic heterocycles. The van der Waals surface area contributed by atoms with Crippen LogP contribution in [0.5, 0.6) is 5.75 Å². The molecule has 4 nitrogen and oxygen atoms in total. The van der Waals surface area contributed by atoms with Gasteiger partial charge in [-0.2, -0.15) is 0 Å². The third-order valence-electron chi connectivity index (χ3n) is 3.03. The minimum absolute atomic E-state index is 0.0820. The second kappa shape index (κ2) is 9.25. The number of ether oxygens (including phenoxy) is 1. The summed E-state index contributed by atoms with van der Waals surface area (Å²) in [5.41, 5.74) is 6.24. The maximum Gasteiger partial charge on any atom is 0.173 e. The summed E-state index contributed by atoms with van der Waals surface area (Å²) in [6.07, 6.45) is 7.37. The van der Waals surface area contributed by atoms with Crippen LogP contribution in [0.3, 0.4) is 0 Å². The van der Waals surface area contributed by atoms with Gasteiger partial charge >= 0.3 is 0 Å². The van der Waals surface area contributed by atoms with Gasteiger partial charge in [-0.3, -0.25) is 0 Å². The highest BCUT2D eigenvalue weighted by Crippen LogP contribution is 2.18. The number of amidine groups is 1. The fourth-order valence-corrected chi connectivity index (χ4v) is 1.92. The molecule has 0 radical (unpaired) electrons. The molecule has 4 heteroatoms. The number of nitrogens with two attached hydrogens (primary N) is 1. The first kappa shape index (κ1) is 15.3. The summed E-state index contributed by atoms with van der Waals surface area (Å²) in [5.74, 6) is 0.755. The van der Waals surface area contributed by atoms with Crippen molar-refractivity contribution in [2.24, 2.45) is 10.9 Å². The number of nitrogens with zero attached hydrogens (tertiary/aromatic N) is 1. The van der Waals surface area contributed by atoms with Gasteiger partial charge in [0.05, 0.1) is 12.2 Å². The fraction of sp³-hybridized carbons (Fsp3) is 0.533. The van der Waals surface area contributed by atoms with Gasteiger partial charge in [-0.15, -0.1) is 0 Å². The van der Waals surface area contributed by atoms with Gasteiger partial charge in [0.1, 0.15) is 5.75 Å². The Balaban J connectivity index is 2.33. The lowest BCUT2D eigenvalue weighted by Crippen LogP contribution is -2.15. The summed E-state index contributed by atoms with van der Waals surface area (Å²) < 4.78 is 5.69. The van der Waals surface area contributed by atoms with Crippen LogP contribution in [0.2, 0.25) is 0 Å². The molecule has 1 aromatic rings. The van der Waals surface area contributed by atoms with Gasteiger partial charge in [0.2, 0.25) is 0 Å². The molecule has 0 fully saturated rings. The Morgan fingerprint density at radius 3 is 2.58 bits per heavy atom. The van der Waals surface area contributed by atoms with Crippen LogP contribution in [0.25, 0.3) is 0 Å². The maximum atomic E-state index is 8.71. The van der Waals surface area contributed by atoms with Crippen LogP contribution in [0.4, 0.5) is 0 Å². The number of unbranched alkanes of at least 4 members (excludes halogenated alkanes) is 5. The van der Waals surface area contributed by atoms with Crippen molar-refractivity contribution in [2.45, 2.75) is 45.4 Å². The molecular formula is C15H24N2O2. The molecule has 0 spiro atoms. The van der Waals surface area contributed by atoms with Crippen molar-refractivity contribution in [1.29, 1.82) is 0 Å². The van der Waals surface area contributed by atoms with Crippen LogP contribution in [0.15, 0.2) is 29.4 Å². The van der Waals surface area contributed by atoms with Gasteiger partial charge < -0.3 is 15.7 Å². The molecule has 0 unspecified atom stereocenters. The molecule has 0 bridgehead atoms. The maximum absolute atomic E-state index is 8.71. The third-order valence-corrected chi connectivity index (χ3v) is 3.03. The topological polar surface area (TPSA) is 67.8 Å². The molecule has 0 amide bonds. The van der Waals surface area contributed by atoms with E-state index in [9.17, 15) is 0 Å². The Morgan fingerprint density at radius 1 is 1.16 bits per heavy atom. The van der Waals surface area contributed by atoms with Crippen molar-refractivity contribution < 1.29 is 9.94 Å². The Morgan fingerprint density at radius 2 is 1.84 bits per heavy atom. The minimum atomic E-state index is 0.0820. The lowest BCUT2D eigenvalue weighted by atomic mass is 10.1. The van der Waals surface area contributed by atoms with Gasteiger partial charge in [0, 0.05) is 0 Å². The van der Waals surface area contributed by atoms with E-state index in [0.29, 0.717) is 17.9 Å². The first-order valence-electron chi connectivity index (χ1n) is 6.99. The zero-order chi connectivity index (χ0) is 13.9. The van der Waals surface area contributed by atoms with Crippen LogP contribution < -0.4 is 10.5 Å². The van der Waals surface area contributed by atoms with E-state index in [1.165, 1.54) is 32.1 Å². The van der Waals surface area contributed by atoms with E-state index in [0.717, 1.165) is 6.42 Å². The van der Waals surface area contributed by atoms with Gasteiger partial charge in [-0.05, 0) is 18.6 Å². The lowest BCUT2D eigenvalue weighted by molar-refractivity contribution is 0.302. The molecule has 0 saturated carbocycles. The second-order valence-corrected chi connectivity index (χ2v) is 4.60. The molecule has 0 saturated heterocycles. The number of hydrogen-bond donors (Lipinski definition) is 2. The number of para-hydroxylation sites is 1. The molecule has 1 aromatic carbocycles. The van der Waals surface area contributed by atoms with E-state index >= 15 is 0 Å². The van der Waals surface area contributed by atoms with E-state index in [-0.39, 0.29) is 5.84 Å². The molecule has 0 atom stereocenters. The van der Waals surface area contributed by atoms with Crippen molar-refractivity contribution in [3.05, 3.63) is 29.8 Å². The average molecular weight is 264 g/mol. The number of oxime groups is 1. The smallest absolute Gasteiger partial charge is 0.173 e. The predicted molar refractivity (Wildman–Crippen MR) is 77.8 cm³/mol. The molecule has 0 aliphatic heterocycles. The zero-order valence-corrected chi connectivity index (χ0v) is 11.6. The summed E-state index contributed by atoms with van der Waals surface area (Å²) in [6, 6.07) is 7.34. The normalized spacial score (nSPS) is 11.5. The van der Waals surface area contributed by atoms with Crippen molar-refractivity contribution >= 4 is 5.84 Å². The van der Waals surface area contributed by atoms with E-state index in [1.54, 1.807) is 6.07 Å². The van der Waals surface area contributed by atoms with Crippen LogP contribution in [0, 0.1) is 0 Å². The number of benzene rings is 1.